The van der Waals surface area contributed by atoms with Gasteiger partial charge in [0, 0.05) is 24.0 Å². The van der Waals surface area contributed by atoms with Crippen LogP contribution >= 0.6 is 0 Å². The summed E-state index contributed by atoms with van der Waals surface area (Å²) in [5.74, 6) is 8.10. The Balaban J connectivity index is 2.32. The number of nitrogens with one attached hydrogen (secondary N) is 1. The van der Waals surface area contributed by atoms with E-state index in [-0.39, 0.29) is 12.5 Å². The van der Waals surface area contributed by atoms with Gasteiger partial charge in [-0.3, -0.25) is 4.79 Å². The van der Waals surface area contributed by atoms with E-state index in [0.29, 0.717) is 30.0 Å². The van der Waals surface area contributed by atoms with Gasteiger partial charge in [-0.05, 0) is 6.42 Å². The molecule has 0 aliphatic heterocycles. The standard InChI is InChI=1S/C14H15N3O2S/c1-3-9-15-13(18)8-6-4-5-7-12-10-16-14(17-11-12)20(2)19/h1,10-11H,4,6,8-9H2,2H3,(H,15,18). The van der Waals surface area contributed by atoms with Gasteiger partial charge in [-0.25, -0.2) is 0 Å². The first kappa shape index (κ1) is 16.0. The van der Waals surface area contributed by atoms with Crippen molar-refractivity contribution in [3.63, 3.8) is 0 Å². The zero-order valence-corrected chi connectivity index (χ0v) is 12.0. The highest BCUT2D eigenvalue weighted by molar-refractivity contribution is 7.90. The summed E-state index contributed by atoms with van der Waals surface area (Å²) in [6, 6.07) is 0. The molecule has 0 spiro atoms. The van der Waals surface area contributed by atoms with Gasteiger partial charge in [-0.2, -0.15) is 9.97 Å². The van der Waals surface area contributed by atoms with Crippen LogP contribution in [-0.4, -0.2) is 33.2 Å². The van der Waals surface area contributed by atoms with Crippen molar-refractivity contribution in [2.24, 2.45) is 0 Å². The van der Waals surface area contributed by atoms with Crippen molar-refractivity contribution in [2.75, 3.05) is 12.8 Å². The third kappa shape index (κ3) is 6.24. The molecule has 0 bridgehead atoms. The molecule has 0 saturated carbocycles. The van der Waals surface area contributed by atoms with E-state index in [9.17, 15) is 9.35 Å². The number of nitrogens with zero attached hydrogens (tertiary/aromatic N) is 2. The maximum Gasteiger partial charge on any atom is 0.342 e. The van der Waals surface area contributed by atoms with E-state index in [2.05, 4.69) is 33.0 Å². The van der Waals surface area contributed by atoms with Crippen LogP contribution in [0, 0.1) is 24.2 Å². The van der Waals surface area contributed by atoms with Gasteiger partial charge < -0.3 is 9.87 Å². The summed E-state index contributed by atoms with van der Waals surface area (Å²) in [6.07, 6.45) is 11.3. The lowest BCUT2D eigenvalue weighted by Gasteiger charge is -1.99. The average Bonchev–Trinajstić information content (AvgIpc) is 2.45. The smallest absolute Gasteiger partial charge is 0.342 e. The average molecular weight is 289 g/mol. The van der Waals surface area contributed by atoms with Gasteiger partial charge in [-0.1, -0.05) is 17.8 Å². The fourth-order valence-corrected chi connectivity index (χ4v) is 1.67. The molecular formula is C14H15N3O2S. The first-order valence-electron chi connectivity index (χ1n) is 5.98. The van der Waals surface area contributed by atoms with Crippen molar-refractivity contribution in [3.8, 4) is 24.2 Å². The van der Waals surface area contributed by atoms with Gasteiger partial charge in [0.2, 0.25) is 5.91 Å². The van der Waals surface area contributed by atoms with Crippen LogP contribution in [0.1, 0.15) is 24.8 Å². The number of hydrogen-bond donors (Lipinski definition) is 1. The van der Waals surface area contributed by atoms with Gasteiger partial charge in [0.1, 0.15) is 6.26 Å². The van der Waals surface area contributed by atoms with Crippen LogP contribution in [0.2, 0.25) is 0 Å². The molecule has 0 radical (unpaired) electrons. The van der Waals surface area contributed by atoms with Gasteiger partial charge in [0.05, 0.1) is 24.5 Å². The van der Waals surface area contributed by atoms with Crippen molar-refractivity contribution in [2.45, 2.75) is 24.4 Å². The first-order valence-corrected chi connectivity index (χ1v) is 7.54. The minimum absolute atomic E-state index is 0.0668. The predicted octanol–water partition coefficient (Wildman–Crippen LogP) is 0.485. The minimum Gasteiger partial charge on any atom is -0.609 e. The number of terminal acetylenes is 1. The molecule has 20 heavy (non-hydrogen) atoms. The number of carbonyl (C=O) groups is 1. The fourth-order valence-electron chi connectivity index (χ4n) is 1.27. The zero-order chi connectivity index (χ0) is 14.8. The largest absolute Gasteiger partial charge is 0.609 e. The van der Waals surface area contributed by atoms with Crippen molar-refractivity contribution in [1.82, 2.24) is 15.3 Å². The minimum atomic E-state index is -1.18. The van der Waals surface area contributed by atoms with E-state index < -0.39 is 11.2 Å². The van der Waals surface area contributed by atoms with E-state index >= 15 is 0 Å². The molecule has 1 aromatic heterocycles. The second kappa shape index (κ2) is 8.98. The third-order valence-corrected chi connectivity index (χ3v) is 2.94. The quantitative estimate of drug-likeness (QED) is 0.370. The molecule has 0 aromatic carbocycles. The molecule has 1 unspecified atom stereocenters. The van der Waals surface area contributed by atoms with Crippen LogP contribution in [0.15, 0.2) is 17.6 Å². The Hall–Kier alpha value is -2.02. The summed E-state index contributed by atoms with van der Waals surface area (Å²) in [4.78, 5) is 19.1. The fraction of sp³-hybridized carbons (Fsp3) is 0.357. The second-order valence-electron chi connectivity index (χ2n) is 3.84. The molecule has 0 fully saturated rings. The van der Waals surface area contributed by atoms with Crippen LogP contribution < -0.4 is 5.32 Å². The predicted molar refractivity (Wildman–Crippen MR) is 76.9 cm³/mol. The number of hydrogen-bond acceptors (Lipinski definition) is 4. The summed E-state index contributed by atoms with van der Waals surface area (Å²) in [7, 11) is 0. The van der Waals surface area contributed by atoms with Crippen LogP contribution in [-0.2, 0) is 16.0 Å². The molecule has 1 atom stereocenters. The first-order chi connectivity index (χ1) is 9.63. The normalized spacial score (nSPS) is 10.8. The molecule has 1 heterocycles. The summed E-state index contributed by atoms with van der Waals surface area (Å²) in [5.41, 5.74) is 0.663. The van der Waals surface area contributed by atoms with Crippen LogP contribution in [0.3, 0.4) is 0 Å². The maximum absolute atomic E-state index is 11.2. The summed E-state index contributed by atoms with van der Waals surface area (Å²) in [6.45, 7) is 0.257. The molecule has 0 aliphatic rings. The number of carbonyl (C=O) groups excluding carboxylic acids is 1. The highest BCUT2D eigenvalue weighted by atomic mass is 32.2. The van der Waals surface area contributed by atoms with Crippen molar-refractivity contribution < 1.29 is 9.35 Å². The van der Waals surface area contributed by atoms with Gasteiger partial charge in [0.15, 0.2) is 0 Å². The lowest BCUT2D eigenvalue weighted by Crippen LogP contribution is -2.22. The molecule has 104 valence electrons. The Labute approximate surface area is 121 Å². The summed E-state index contributed by atoms with van der Waals surface area (Å²) < 4.78 is 11.1. The number of unbranched alkanes of at least 4 members (excludes halogenated alkanes) is 1. The number of amides is 1. The van der Waals surface area contributed by atoms with Crippen LogP contribution in [0.4, 0.5) is 0 Å². The molecule has 6 heteroatoms. The second-order valence-corrected chi connectivity index (χ2v) is 5.12. The lowest BCUT2D eigenvalue weighted by molar-refractivity contribution is -0.120. The molecule has 0 aliphatic carbocycles. The van der Waals surface area contributed by atoms with Crippen LogP contribution in [0.25, 0.3) is 0 Å². The Kier molecular flexibility index (Phi) is 7.20. The van der Waals surface area contributed by atoms with E-state index in [1.165, 1.54) is 18.6 Å². The van der Waals surface area contributed by atoms with E-state index in [1.54, 1.807) is 0 Å². The van der Waals surface area contributed by atoms with Crippen LogP contribution in [0.5, 0.6) is 0 Å². The molecule has 1 amide bonds. The Morgan fingerprint density at radius 3 is 2.80 bits per heavy atom. The Bertz CT molecular complexity index is 538. The van der Waals surface area contributed by atoms with E-state index in [0.717, 1.165) is 0 Å². The topological polar surface area (TPSA) is 77.9 Å². The highest BCUT2D eigenvalue weighted by Gasteiger charge is 2.06. The van der Waals surface area contributed by atoms with E-state index in [4.69, 9.17) is 6.42 Å². The highest BCUT2D eigenvalue weighted by Crippen LogP contribution is 2.01. The van der Waals surface area contributed by atoms with Gasteiger partial charge >= 0.3 is 5.16 Å². The molecule has 1 rings (SSSR count). The molecular weight excluding hydrogens is 274 g/mol. The Morgan fingerprint density at radius 2 is 2.20 bits per heavy atom. The number of rotatable bonds is 5. The monoisotopic (exact) mass is 289 g/mol. The van der Waals surface area contributed by atoms with Crippen molar-refractivity contribution >= 4 is 17.1 Å². The summed E-state index contributed by atoms with van der Waals surface area (Å²) >= 11 is -1.18. The molecule has 0 saturated heterocycles. The SMILES string of the molecule is C#CCNC(=O)CCCC#Cc1cnc([S+](C)[O-])nc1. The van der Waals surface area contributed by atoms with E-state index in [1.807, 2.05) is 0 Å². The summed E-state index contributed by atoms with van der Waals surface area (Å²) in [5, 5.41) is 2.88. The Morgan fingerprint density at radius 1 is 1.50 bits per heavy atom. The molecule has 1 N–H and O–H groups in total. The zero-order valence-electron chi connectivity index (χ0n) is 11.2. The van der Waals surface area contributed by atoms with Gasteiger partial charge in [0.25, 0.3) is 0 Å². The number of aromatic nitrogens is 2. The molecule has 5 nitrogen and oxygen atoms in total. The van der Waals surface area contributed by atoms with Crippen molar-refractivity contribution in [3.05, 3.63) is 18.0 Å². The third-order valence-electron chi connectivity index (χ3n) is 2.21. The molecule has 1 aromatic rings. The lowest BCUT2D eigenvalue weighted by atomic mass is 10.2. The van der Waals surface area contributed by atoms with Crippen molar-refractivity contribution in [1.29, 1.82) is 0 Å². The maximum atomic E-state index is 11.2. The van der Waals surface area contributed by atoms with Gasteiger partial charge in [-0.15, -0.1) is 6.42 Å².